The van der Waals surface area contributed by atoms with E-state index in [1.54, 1.807) is 24.3 Å². The zero-order chi connectivity index (χ0) is 25.3. The van der Waals surface area contributed by atoms with Gasteiger partial charge in [0, 0.05) is 12.0 Å². The Kier molecular flexibility index (Phi) is 8.86. The molecule has 1 aliphatic rings. The molecule has 1 fully saturated rings. The van der Waals surface area contributed by atoms with E-state index >= 15 is 0 Å². The van der Waals surface area contributed by atoms with Gasteiger partial charge in [-0.3, -0.25) is 9.59 Å². The third kappa shape index (κ3) is 7.26. The second kappa shape index (κ2) is 12.5. The molecule has 1 aliphatic carbocycles. The zero-order valence-corrected chi connectivity index (χ0v) is 20.7. The summed E-state index contributed by atoms with van der Waals surface area (Å²) in [5, 5.41) is 4.64. The normalized spacial score (nSPS) is 15.7. The largest absolute Gasteiger partial charge is 0.457 e. The summed E-state index contributed by atoms with van der Waals surface area (Å²) in [6, 6.07) is 24.4. The monoisotopic (exact) mass is 506 g/mol. The van der Waals surface area contributed by atoms with Crippen molar-refractivity contribution in [3.8, 4) is 11.5 Å². The molecule has 8 heteroatoms. The molecule has 7 nitrogen and oxygen atoms in total. The Bertz CT molecular complexity index is 1180. The van der Waals surface area contributed by atoms with E-state index in [9.17, 15) is 18.4 Å². The average molecular weight is 507 g/mol. The molecule has 1 saturated carbocycles. The van der Waals surface area contributed by atoms with Crippen molar-refractivity contribution in [3.05, 3.63) is 96.1 Å². The number of hydrogen-bond donors (Lipinski definition) is 3. The Hall–Kier alpha value is -3.49. The van der Waals surface area contributed by atoms with Gasteiger partial charge in [0.2, 0.25) is 5.91 Å². The molecule has 36 heavy (non-hydrogen) atoms. The van der Waals surface area contributed by atoms with Gasteiger partial charge in [-0.05, 0) is 48.2 Å². The fourth-order valence-electron chi connectivity index (χ4n) is 4.11. The first-order chi connectivity index (χ1) is 17.5. The number of nitrogens with one attached hydrogen (secondary N) is 2. The summed E-state index contributed by atoms with van der Waals surface area (Å²) >= 11 is -2.21. The van der Waals surface area contributed by atoms with Crippen LogP contribution in [0.15, 0.2) is 84.9 Å². The predicted octanol–water partition coefficient (Wildman–Crippen LogP) is 4.67. The summed E-state index contributed by atoms with van der Waals surface area (Å²) in [5.74, 6) is 0.543. The Morgan fingerprint density at radius 3 is 2.22 bits per heavy atom. The van der Waals surface area contributed by atoms with Crippen molar-refractivity contribution in [3.63, 3.8) is 0 Å². The Labute approximate surface area is 213 Å². The Morgan fingerprint density at radius 2 is 1.58 bits per heavy atom. The molecular weight excluding hydrogens is 476 g/mol. The van der Waals surface area contributed by atoms with Crippen LogP contribution >= 0.6 is 0 Å². The first-order valence-electron chi connectivity index (χ1n) is 12.1. The van der Waals surface area contributed by atoms with Crippen LogP contribution in [0.4, 0.5) is 0 Å². The maximum atomic E-state index is 13.2. The molecule has 0 aromatic heterocycles. The van der Waals surface area contributed by atoms with Gasteiger partial charge >= 0.3 is 0 Å². The zero-order valence-electron chi connectivity index (χ0n) is 19.8. The molecule has 0 heterocycles. The summed E-state index contributed by atoms with van der Waals surface area (Å²) in [7, 11) is 0. The lowest BCUT2D eigenvalue weighted by molar-refractivity contribution is -0.123. The highest BCUT2D eigenvalue weighted by atomic mass is 32.2. The molecule has 3 aromatic carbocycles. The lowest BCUT2D eigenvalue weighted by Gasteiger charge is -2.29. The average Bonchev–Trinajstić information content (AvgIpc) is 2.86. The van der Waals surface area contributed by atoms with Crippen LogP contribution in [0.1, 0.15) is 41.6 Å². The molecular formula is C28H30N2O5S. The number of benzene rings is 3. The van der Waals surface area contributed by atoms with E-state index < -0.39 is 34.3 Å². The highest BCUT2D eigenvalue weighted by Crippen LogP contribution is 2.31. The smallest absolute Gasteiger partial charge is 0.252 e. The molecule has 3 N–H and O–H groups in total. The van der Waals surface area contributed by atoms with Gasteiger partial charge in [-0.15, -0.1) is 0 Å². The van der Waals surface area contributed by atoms with Crippen LogP contribution in [-0.2, 0) is 22.3 Å². The van der Waals surface area contributed by atoms with Crippen LogP contribution in [0.25, 0.3) is 0 Å². The van der Waals surface area contributed by atoms with E-state index in [0.29, 0.717) is 29.4 Å². The number of ether oxygens (including phenoxy) is 1. The van der Waals surface area contributed by atoms with Crippen LogP contribution in [0.5, 0.6) is 11.5 Å². The second-order valence-corrected chi connectivity index (χ2v) is 10.1. The Balaban J connectivity index is 1.48. The number of rotatable bonds is 11. The number of para-hydroxylation sites is 1. The van der Waals surface area contributed by atoms with Crippen molar-refractivity contribution in [2.75, 3.05) is 0 Å². The molecule has 4 rings (SSSR count). The number of amides is 2. The summed E-state index contributed by atoms with van der Waals surface area (Å²) < 4.78 is 27.5. The van der Waals surface area contributed by atoms with Crippen molar-refractivity contribution < 1.29 is 23.1 Å². The van der Waals surface area contributed by atoms with Crippen LogP contribution in [0, 0.1) is 5.92 Å². The standard InChI is InChI=1S/C28H30N2O5S/c31-27(22-13-8-16-24(19-22)35-23-14-5-2-6-15-23)29-25(17-20-9-3-1-4-10-20)28(32)30-26(36(33)34)18-21-11-7-12-21/h1-6,8-10,13-16,19,21,25-26H,7,11-12,17-18H2,(H,29,31)(H,30,32)(H,33,34)/t25-,26+/m0/s1. The molecule has 0 saturated heterocycles. The second-order valence-electron chi connectivity index (χ2n) is 8.96. The summed E-state index contributed by atoms with van der Waals surface area (Å²) in [6.07, 6.45) is 3.78. The molecule has 0 radical (unpaired) electrons. The molecule has 0 aliphatic heterocycles. The van der Waals surface area contributed by atoms with Crippen molar-refractivity contribution in [2.24, 2.45) is 5.92 Å². The highest BCUT2D eigenvalue weighted by Gasteiger charge is 2.30. The van der Waals surface area contributed by atoms with Gasteiger partial charge in [-0.2, -0.15) is 0 Å². The minimum atomic E-state index is -2.21. The van der Waals surface area contributed by atoms with Crippen molar-refractivity contribution in [1.29, 1.82) is 0 Å². The Morgan fingerprint density at radius 1 is 0.917 bits per heavy atom. The van der Waals surface area contributed by atoms with Crippen molar-refractivity contribution in [1.82, 2.24) is 10.6 Å². The number of carbonyl (C=O) groups excluding carboxylic acids is 2. The maximum absolute atomic E-state index is 13.2. The quantitative estimate of drug-likeness (QED) is 0.328. The highest BCUT2D eigenvalue weighted by molar-refractivity contribution is 7.79. The minimum Gasteiger partial charge on any atom is -0.457 e. The molecule has 2 amide bonds. The molecule has 3 atom stereocenters. The first kappa shape index (κ1) is 25.6. The third-order valence-electron chi connectivity index (χ3n) is 6.30. The molecule has 0 spiro atoms. The molecule has 0 bridgehead atoms. The fourth-order valence-corrected chi connectivity index (χ4v) is 4.76. The van der Waals surface area contributed by atoms with Gasteiger partial charge in [0.05, 0.1) is 0 Å². The van der Waals surface area contributed by atoms with Gasteiger partial charge in [0.25, 0.3) is 5.91 Å². The van der Waals surface area contributed by atoms with E-state index in [0.717, 1.165) is 24.8 Å². The van der Waals surface area contributed by atoms with Crippen molar-refractivity contribution >= 4 is 22.9 Å². The lowest BCUT2D eigenvalue weighted by Crippen LogP contribution is -2.52. The van der Waals surface area contributed by atoms with Gasteiger partial charge in [-0.1, -0.05) is 73.9 Å². The lowest BCUT2D eigenvalue weighted by atomic mass is 9.83. The van der Waals surface area contributed by atoms with Crippen LogP contribution in [0.3, 0.4) is 0 Å². The van der Waals surface area contributed by atoms with Crippen LogP contribution < -0.4 is 15.4 Å². The fraction of sp³-hybridized carbons (Fsp3) is 0.286. The number of hydrogen-bond acceptors (Lipinski definition) is 4. The van der Waals surface area contributed by atoms with Gasteiger partial charge < -0.3 is 19.9 Å². The van der Waals surface area contributed by atoms with Crippen molar-refractivity contribution in [2.45, 2.75) is 43.5 Å². The third-order valence-corrected chi connectivity index (χ3v) is 7.10. The maximum Gasteiger partial charge on any atom is 0.252 e. The topological polar surface area (TPSA) is 105 Å². The van der Waals surface area contributed by atoms with E-state index in [2.05, 4.69) is 10.6 Å². The van der Waals surface area contributed by atoms with Gasteiger partial charge in [0.1, 0.15) is 22.9 Å². The molecule has 188 valence electrons. The minimum absolute atomic E-state index is 0.243. The summed E-state index contributed by atoms with van der Waals surface area (Å²) in [6.45, 7) is 0. The molecule has 1 unspecified atom stereocenters. The van der Waals surface area contributed by atoms with Gasteiger partial charge in [-0.25, -0.2) is 4.21 Å². The summed E-state index contributed by atoms with van der Waals surface area (Å²) in [4.78, 5) is 26.4. The molecule has 3 aromatic rings. The van der Waals surface area contributed by atoms with E-state index in [1.165, 1.54) is 0 Å². The van der Waals surface area contributed by atoms with Gasteiger partial charge in [0.15, 0.2) is 11.1 Å². The van der Waals surface area contributed by atoms with E-state index in [1.807, 2.05) is 60.7 Å². The SMILES string of the molecule is O=C(N[C@@H](Cc1ccccc1)C(=O)N[C@@H](CC1CCC1)S(=O)O)c1cccc(Oc2ccccc2)c1. The first-order valence-corrected chi connectivity index (χ1v) is 13.2. The summed E-state index contributed by atoms with van der Waals surface area (Å²) in [5.41, 5.74) is 1.20. The van der Waals surface area contributed by atoms with E-state index in [4.69, 9.17) is 4.74 Å². The van der Waals surface area contributed by atoms with E-state index in [-0.39, 0.29) is 6.42 Å². The predicted molar refractivity (Wildman–Crippen MR) is 139 cm³/mol. The number of carbonyl (C=O) groups is 2. The van der Waals surface area contributed by atoms with Crippen LogP contribution in [-0.4, -0.2) is 32.0 Å². The van der Waals surface area contributed by atoms with Crippen LogP contribution in [0.2, 0.25) is 0 Å².